The quantitative estimate of drug-likeness (QED) is 0.516. The number of hydrogen-bond acceptors (Lipinski definition) is 7. The molecule has 0 aromatic carbocycles. The number of rotatable bonds is 8. The summed E-state index contributed by atoms with van der Waals surface area (Å²) < 4.78 is 65.0. The Morgan fingerprint density at radius 1 is 1.17 bits per heavy atom. The zero-order valence-electron chi connectivity index (χ0n) is 20.5. The second kappa shape index (κ2) is 9.99. The normalized spacial score (nSPS) is 29.2. The summed E-state index contributed by atoms with van der Waals surface area (Å²) in [5.74, 6) is 1.47. The monoisotopic (exact) mass is 545 g/mol. The fraction of sp³-hybridized carbons (Fsp3) is 0.750. The highest BCUT2D eigenvalue weighted by atomic mass is 32.2. The molecule has 36 heavy (non-hydrogen) atoms. The number of nitrogens with zero attached hydrogens (tertiary/aromatic N) is 3. The van der Waals surface area contributed by atoms with Crippen LogP contribution in [0.2, 0.25) is 0 Å². The van der Waals surface area contributed by atoms with E-state index in [4.69, 9.17) is 0 Å². The second-order valence-electron chi connectivity index (χ2n) is 10.8. The van der Waals surface area contributed by atoms with Gasteiger partial charge in [0.1, 0.15) is 17.0 Å². The molecule has 0 unspecified atom stereocenters. The Bertz CT molecular complexity index is 1170. The van der Waals surface area contributed by atoms with Crippen molar-refractivity contribution in [3.8, 4) is 0 Å². The minimum absolute atomic E-state index is 0.0728. The zero-order chi connectivity index (χ0) is 25.6. The first kappa shape index (κ1) is 26.1. The molecule has 2 aromatic heterocycles. The molecule has 7 nitrogen and oxygen atoms in total. The van der Waals surface area contributed by atoms with Gasteiger partial charge in [0.2, 0.25) is 10.0 Å². The Hall–Kier alpha value is -1.50. The van der Waals surface area contributed by atoms with Gasteiger partial charge in [0.05, 0.1) is 17.6 Å². The van der Waals surface area contributed by atoms with E-state index in [-0.39, 0.29) is 22.1 Å². The van der Waals surface area contributed by atoms with Crippen LogP contribution in [-0.2, 0) is 16.4 Å². The Morgan fingerprint density at radius 3 is 2.61 bits per heavy atom. The Morgan fingerprint density at radius 2 is 1.92 bits per heavy atom. The van der Waals surface area contributed by atoms with Gasteiger partial charge < -0.3 is 10.2 Å². The smallest absolute Gasteiger partial charge is 0.355 e. The van der Waals surface area contributed by atoms with Gasteiger partial charge >= 0.3 is 6.18 Å². The fourth-order valence-electron chi connectivity index (χ4n) is 6.16. The summed E-state index contributed by atoms with van der Waals surface area (Å²) in [5, 5.41) is 4.46. The number of anilines is 1. The molecule has 2 aromatic rings. The topological polar surface area (TPSA) is 87.2 Å². The second-order valence-corrected chi connectivity index (χ2v) is 14.0. The molecule has 200 valence electrons. The summed E-state index contributed by atoms with van der Waals surface area (Å²) in [7, 11) is -3.14. The molecule has 0 bridgehead atoms. The molecule has 0 atom stereocenters. The number of aromatic nitrogens is 2. The summed E-state index contributed by atoms with van der Waals surface area (Å²) in [5.41, 5.74) is 0.246. The molecule has 1 spiro atoms. The first-order valence-electron chi connectivity index (χ1n) is 12.8. The average molecular weight is 546 g/mol. The lowest BCUT2D eigenvalue weighted by Gasteiger charge is -2.46. The number of halogens is 3. The van der Waals surface area contributed by atoms with Crippen LogP contribution >= 0.6 is 11.3 Å². The highest BCUT2D eigenvalue weighted by molar-refractivity contribution is 7.89. The summed E-state index contributed by atoms with van der Waals surface area (Å²) in [6.45, 7) is 4.38. The number of hydrogen-bond donors (Lipinski definition) is 2. The minimum Gasteiger partial charge on any atom is -0.355 e. The van der Waals surface area contributed by atoms with Crippen LogP contribution in [0.3, 0.4) is 0 Å². The number of sulfonamides is 1. The van der Waals surface area contributed by atoms with Crippen LogP contribution in [0.25, 0.3) is 10.2 Å². The van der Waals surface area contributed by atoms with E-state index < -0.39 is 22.6 Å². The Balaban J connectivity index is 1.10. The van der Waals surface area contributed by atoms with E-state index in [1.165, 1.54) is 6.33 Å². The van der Waals surface area contributed by atoms with E-state index >= 15 is 0 Å². The van der Waals surface area contributed by atoms with Crippen LogP contribution in [-0.4, -0.2) is 62.0 Å². The van der Waals surface area contributed by atoms with Crippen molar-refractivity contribution in [3.63, 3.8) is 0 Å². The molecule has 2 saturated carbocycles. The zero-order valence-corrected chi connectivity index (χ0v) is 22.1. The van der Waals surface area contributed by atoms with Crippen molar-refractivity contribution in [3.05, 3.63) is 17.3 Å². The molecule has 0 radical (unpaired) electrons. The van der Waals surface area contributed by atoms with E-state index in [0.29, 0.717) is 16.8 Å². The minimum atomic E-state index is -4.23. The van der Waals surface area contributed by atoms with Gasteiger partial charge in [-0.05, 0) is 75.8 Å². The van der Waals surface area contributed by atoms with E-state index in [0.717, 1.165) is 87.1 Å². The van der Waals surface area contributed by atoms with E-state index in [1.807, 2.05) is 0 Å². The maximum absolute atomic E-state index is 12.9. The Kier molecular flexibility index (Phi) is 7.25. The van der Waals surface area contributed by atoms with Crippen LogP contribution in [0.4, 0.5) is 19.0 Å². The number of nitrogens with one attached hydrogen (secondary N) is 2. The van der Waals surface area contributed by atoms with Gasteiger partial charge in [-0.2, -0.15) is 13.2 Å². The molecule has 0 amide bonds. The molecule has 1 saturated heterocycles. The van der Waals surface area contributed by atoms with Crippen LogP contribution in [0, 0.1) is 11.3 Å². The van der Waals surface area contributed by atoms with Gasteiger partial charge in [-0.25, -0.2) is 23.1 Å². The number of thiophene rings is 1. The average Bonchev–Trinajstić information content (AvgIpc) is 3.40. The number of fused-ring (bicyclic) bond motifs is 1. The summed E-state index contributed by atoms with van der Waals surface area (Å²) in [6, 6.07) is 2.18. The van der Waals surface area contributed by atoms with Gasteiger partial charge in [0.15, 0.2) is 0 Å². The van der Waals surface area contributed by atoms with Crippen molar-refractivity contribution in [1.82, 2.24) is 20.0 Å². The molecular weight excluding hydrogens is 511 g/mol. The first-order valence-corrected chi connectivity index (χ1v) is 15.3. The molecule has 2 N–H and O–H groups in total. The van der Waals surface area contributed by atoms with Gasteiger partial charge in [0.25, 0.3) is 0 Å². The third-order valence-corrected chi connectivity index (χ3v) is 10.6. The fourth-order valence-corrected chi connectivity index (χ4v) is 8.09. The molecule has 1 aliphatic heterocycles. The van der Waals surface area contributed by atoms with Crippen molar-refractivity contribution >= 4 is 37.4 Å². The lowest BCUT2D eigenvalue weighted by molar-refractivity contribution is -0.126. The maximum atomic E-state index is 12.9. The number of alkyl halides is 3. The Labute approximate surface area is 214 Å². The largest absolute Gasteiger partial charge is 0.393 e. The summed E-state index contributed by atoms with van der Waals surface area (Å²) >= 11 is 1.10. The van der Waals surface area contributed by atoms with Gasteiger partial charge in [-0.15, -0.1) is 11.3 Å². The summed E-state index contributed by atoms with van der Waals surface area (Å²) in [6.07, 6.45) is 3.45. The van der Waals surface area contributed by atoms with E-state index in [1.54, 1.807) is 13.0 Å². The van der Waals surface area contributed by atoms with E-state index in [2.05, 4.69) is 24.9 Å². The van der Waals surface area contributed by atoms with Crippen molar-refractivity contribution in [2.75, 3.05) is 30.3 Å². The molecule has 3 heterocycles. The predicted octanol–water partition coefficient (Wildman–Crippen LogP) is 4.24. The van der Waals surface area contributed by atoms with Crippen molar-refractivity contribution in [2.24, 2.45) is 11.3 Å². The standard InChI is InChI=1S/C24H34F3N5O2S2/c1-2-36(33,34)31-17-5-3-16(4-6-17)13-28-18-10-23(11-18)7-8-32(14-23)21-20-9-19(12-24(25,26)27)35-22(20)30-15-29-21/h9,15-18,28,31H,2-8,10-14H2,1H3. The molecule has 2 aliphatic carbocycles. The molecule has 5 rings (SSSR count). The van der Waals surface area contributed by atoms with Crippen molar-refractivity contribution < 1.29 is 21.6 Å². The predicted molar refractivity (Wildman–Crippen MR) is 136 cm³/mol. The maximum Gasteiger partial charge on any atom is 0.393 e. The van der Waals surface area contributed by atoms with Gasteiger partial charge in [0, 0.05) is 30.1 Å². The molecule has 3 fully saturated rings. The van der Waals surface area contributed by atoms with Crippen LogP contribution in [0.1, 0.15) is 56.7 Å². The van der Waals surface area contributed by atoms with Crippen LogP contribution in [0.15, 0.2) is 12.4 Å². The molecular formula is C24H34F3N5O2S2. The first-order chi connectivity index (χ1) is 17.0. The lowest BCUT2D eigenvalue weighted by atomic mass is 9.65. The van der Waals surface area contributed by atoms with Gasteiger partial charge in [-0.1, -0.05) is 0 Å². The molecule has 3 aliphatic rings. The lowest BCUT2D eigenvalue weighted by Crippen LogP contribution is -2.51. The van der Waals surface area contributed by atoms with Crippen LogP contribution in [0.5, 0.6) is 0 Å². The highest BCUT2D eigenvalue weighted by Crippen LogP contribution is 2.49. The van der Waals surface area contributed by atoms with Gasteiger partial charge in [-0.3, -0.25) is 0 Å². The highest BCUT2D eigenvalue weighted by Gasteiger charge is 2.48. The SMILES string of the molecule is CCS(=O)(=O)NC1CCC(CNC2CC3(CCN(c4ncnc5sc(CC(F)(F)F)cc45)C3)C2)CC1. The third-order valence-electron chi connectivity index (χ3n) is 8.10. The summed E-state index contributed by atoms with van der Waals surface area (Å²) in [4.78, 5) is 11.8. The van der Waals surface area contributed by atoms with Crippen molar-refractivity contribution in [2.45, 2.75) is 76.6 Å². The van der Waals surface area contributed by atoms with Crippen molar-refractivity contribution in [1.29, 1.82) is 0 Å². The third kappa shape index (κ3) is 5.97. The van der Waals surface area contributed by atoms with E-state index in [9.17, 15) is 21.6 Å². The molecule has 12 heteroatoms. The van der Waals surface area contributed by atoms with Crippen LogP contribution < -0.4 is 14.9 Å².